The van der Waals surface area contributed by atoms with Gasteiger partial charge in [-0.3, -0.25) is 4.79 Å². The van der Waals surface area contributed by atoms with Gasteiger partial charge >= 0.3 is 0 Å². The zero-order chi connectivity index (χ0) is 13.7. The van der Waals surface area contributed by atoms with Crippen molar-refractivity contribution in [1.82, 2.24) is 9.97 Å². The molecule has 6 nitrogen and oxygen atoms in total. The number of primary amides is 1. The third-order valence-corrected chi connectivity index (χ3v) is 3.40. The van der Waals surface area contributed by atoms with E-state index in [1.165, 1.54) is 0 Å². The van der Waals surface area contributed by atoms with E-state index in [9.17, 15) is 4.79 Å². The molecule has 1 aliphatic heterocycles. The van der Waals surface area contributed by atoms with Crippen molar-refractivity contribution in [3.8, 4) is 0 Å². The van der Waals surface area contributed by atoms with E-state index in [-0.39, 0.29) is 11.8 Å². The van der Waals surface area contributed by atoms with E-state index >= 15 is 0 Å². The Kier molecular flexibility index (Phi) is 4.54. The van der Waals surface area contributed by atoms with Crippen LogP contribution in [0.3, 0.4) is 0 Å². The molecule has 0 radical (unpaired) electrons. The van der Waals surface area contributed by atoms with Crippen molar-refractivity contribution in [1.29, 1.82) is 0 Å². The van der Waals surface area contributed by atoms with Crippen molar-refractivity contribution in [2.45, 2.75) is 26.2 Å². The zero-order valence-electron chi connectivity index (χ0n) is 11.3. The van der Waals surface area contributed by atoms with Crippen molar-refractivity contribution in [3.05, 3.63) is 12.3 Å². The maximum absolute atomic E-state index is 11.1. The second-order valence-electron chi connectivity index (χ2n) is 4.83. The predicted molar refractivity (Wildman–Crippen MR) is 74.9 cm³/mol. The number of hydrogen-bond donors (Lipinski definition) is 2. The van der Waals surface area contributed by atoms with Crippen LogP contribution >= 0.6 is 0 Å². The first-order valence-electron chi connectivity index (χ1n) is 6.82. The van der Waals surface area contributed by atoms with Gasteiger partial charge in [-0.25, -0.2) is 4.98 Å². The van der Waals surface area contributed by atoms with Gasteiger partial charge in [0.1, 0.15) is 5.82 Å². The molecule has 0 spiro atoms. The Morgan fingerprint density at radius 3 is 2.89 bits per heavy atom. The first kappa shape index (κ1) is 13.6. The summed E-state index contributed by atoms with van der Waals surface area (Å²) in [5.41, 5.74) is 5.34. The Labute approximate surface area is 113 Å². The lowest BCUT2D eigenvalue weighted by atomic mass is 9.96. The molecule has 0 aliphatic carbocycles. The highest BCUT2D eigenvalue weighted by Crippen LogP contribution is 2.21. The van der Waals surface area contributed by atoms with Crippen LogP contribution in [0.5, 0.6) is 0 Å². The number of aromatic nitrogens is 2. The third kappa shape index (κ3) is 3.56. The number of nitrogens with one attached hydrogen (secondary N) is 1. The Morgan fingerprint density at radius 1 is 1.53 bits per heavy atom. The van der Waals surface area contributed by atoms with Crippen LogP contribution in [0, 0.1) is 5.92 Å². The summed E-state index contributed by atoms with van der Waals surface area (Å²) < 4.78 is 0. The molecule has 1 fully saturated rings. The van der Waals surface area contributed by atoms with Crippen LogP contribution in [-0.2, 0) is 4.79 Å². The number of nitrogens with zero attached hydrogens (tertiary/aromatic N) is 3. The Hall–Kier alpha value is -1.85. The Balaban J connectivity index is 1.97. The average Bonchev–Trinajstić information content (AvgIpc) is 2.45. The number of amides is 1. The molecule has 0 atom stereocenters. The van der Waals surface area contributed by atoms with Crippen LogP contribution in [0.4, 0.5) is 11.8 Å². The van der Waals surface area contributed by atoms with Crippen molar-refractivity contribution >= 4 is 17.7 Å². The summed E-state index contributed by atoms with van der Waals surface area (Å²) in [7, 11) is 0. The van der Waals surface area contributed by atoms with Crippen LogP contribution in [-0.4, -0.2) is 35.5 Å². The van der Waals surface area contributed by atoms with Crippen molar-refractivity contribution in [3.63, 3.8) is 0 Å². The zero-order valence-corrected chi connectivity index (χ0v) is 11.3. The molecule has 0 bridgehead atoms. The van der Waals surface area contributed by atoms with E-state index in [1.54, 1.807) is 6.20 Å². The Morgan fingerprint density at radius 2 is 2.26 bits per heavy atom. The van der Waals surface area contributed by atoms with Crippen LogP contribution in [0.1, 0.15) is 26.2 Å². The summed E-state index contributed by atoms with van der Waals surface area (Å²) in [6.07, 6.45) is 4.41. The van der Waals surface area contributed by atoms with Crippen LogP contribution < -0.4 is 16.0 Å². The van der Waals surface area contributed by atoms with Crippen LogP contribution in [0.15, 0.2) is 12.3 Å². The van der Waals surface area contributed by atoms with E-state index in [2.05, 4.69) is 27.1 Å². The topological polar surface area (TPSA) is 84.1 Å². The van der Waals surface area contributed by atoms with Crippen LogP contribution in [0.25, 0.3) is 0 Å². The summed E-state index contributed by atoms with van der Waals surface area (Å²) in [5.74, 6) is 1.40. The predicted octanol–water partition coefficient (Wildman–Crippen LogP) is 1.00. The summed E-state index contributed by atoms with van der Waals surface area (Å²) in [6, 6.07) is 1.90. The smallest absolute Gasteiger partial charge is 0.224 e. The number of nitrogens with two attached hydrogens (primary N) is 1. The number of carbonyl (C=O) groups excluding carboxylic acids is 1. The molecular formula is C13H21N5O. The van der Waals surface area contributed by atoms with Crippen molar-refractivity contribution in [2.75, 3.05) is 29.9 Å². The highest BCUT2D eigenvalue weighted by molar-refractivity contribution is 5.76. The van der Waals surface area contributed by atoms with Gasteiger partial charge in [0.25, 0.3) is 0 Å². The average molecular weight is 263 g/mol. The number of anilines is 2. The van der Waals surface area contributed by atoms with Gasteiger partial charge in [-0.15, -0.1) is 0 Å². The van der Waals surface area contributed by atoms with Crippen molar-refractivity contribution < 1.29 is 4.79 Å². The van der Waals surface area contributed by atoms with Gasteiger partial charge in [0.15, 0.2) is 0 Å². The lowest BCUT2D eigenvalue weighted by Crippen LogP contribution is -2.39. The van der Waals surface area contributed by atoms with E-state index in [0.717, 1.165) is 44.7 Å². The quantitative estimate of drug-likeness (QED) is 0.828. The fraction of sp³-hybridized carbons (Fsp3) is 0.615. The SMILES string of the molecule is CCCNc1nccc(N2CCC(C(N)=O)CC2)n1. The minimum atomic E-state index is -0.187. The van der Waals surface area contributed by atoms with Gasteiger partial charge in [-0.1, -0.05) is 6.92 Å². The number of hydrogen-bond acceptors (Lipinski definition) is 5. The highest BCUT2D eigenvalue weighted by Gasteiger charge is 2.23. The molecular weight excluding hydrogens is 242 g/mol. The minimum Gasteiger partial charge on any atom is -0.369 e. The number of rotatable bonds is 5. The first-order valence-corrected chi connectivity index (χ1v) is 6.82. The summed E-state index contributed by atoms with van der Waals surface area (Å²) in [6.45, 7) is 4.61. The normalized spacial score (nSPS) is 16.4. The number of carbonyl (C=O) groups is 1. The van der Waals surface area contributed by atoms with E-state index in [0.29, 0.717) is 5.95 Å². The van der Waals surface area contributed by atoms with Crippen molar-refractivity contribution in [2.24, 2.45) is 11.7 Å². The van der Waals surface area contributed by atoms with Gasteiger partial charge in [-0.05, 0) is 25.3 Å². The molecule has 19 heavy (non-hydrogen) atoms. The molecule has 0 saturated carbocycles. The fourth-order valence-electron chi connectivity index (χ4n) is 2.24. The first-order chi connectivity index (χ1) is 9.20. The van der Waals surface area contributed by atoms with Gasteiger partial charge in [0.2, 0.25) is 11.9 Å². The molecule has 1 amide bonds. The molecule has 3 N–H and O–H groups in total. The Bertz CT molecular complexity index is 429. The van der Waals surface area contributed by atoms with Gasteiger partial charge in [0, 0.05) is 31.7 Å². The molecule has 104 valence electrons. The largest absolute Gasteiger partial charge is 0.369 e. The molecule has 0 aromatic carbocycles. The second kappa shape index (κ2) is 6.36. The van der Waals surface area contributed by atoms with E-state index in [4.69, 9.17) is 5.73 Å². The summed E-state index contributed by atoms with van der Waals surface area (Å²) in [5, 5.41) is 3.18. The minimum absolute atomic E-state index is 0.00998. The van der Waals surface area contributed by atoms with E-state index < -0.39 is 0 Å². The van der Waals surface area contributed by atoms with Crippen LogP contribution in [0.2, 0.25) is 0 Å². The molecule has 2 heterocycles. The van der Waals surface area contributed by atoms with E-state index in [1.807, 2.05) is 6.07 Å². The standard InChI is InChI=1S/C13H21N5O/c1-2-6-15-13-16-7-3-11(17-13)18-8-4-10(5-9-18)12(14)19/h3,7,10H,2,4-6,8-9H2,1H3,(H2,14,19)(H,15,16,17). The summed E-state index contributed by atoms with van der Waals surface area (Å²) in [4.78, 5) is 22.0. The van der Waals surface area contributed by atoms with Gasteiger partial charge < -0.3 is 16.0 Å². The van der Waals surface area contributed by atoms with Gasteiger partial charge in [-0.2, -0.15) is 4.98 Å². The maximum atomic E-state index is 11.1. The molecule has 1 saturated heterocycles. The maximum Gasteiger partial charge on any atom is 0.224 e. The fourth-order valence-corrected chi connectivity index (χ4v) is 2.24. The molecule has 1 aliphatic rings. The second-order valence-corrected chi connectivity index (χ2v) is 4.83. The molecule has 6 heteroatoms. The molecule has 1 aromatic rings. The monoisotopic (exact) mass is 263 g/mol. The lowest BCUT2D eigenvalue weighted by molar-refractivity contribution is -0.122. The molecule has 1 aromatic heterocycles. The van der Waals surface area contributed by atoms with Gasteiger partial charge in [0.05, 0.1) is 0 Å². The molecule has 2 rings (SSSR count). The third-order valence-electron chi connectivity index (χ3n) is 3.40. The highest BCUT2D eigenvalue weighted by atomic mass is 16.1. The summed E-state index contributed by atoms with van der Waals surface area (Å²) >= 11 is 0. The lowest BCUT2D eigenvalue weighted by Gasteiger charge is -2.31. The number of piperidine rings is 1. The molecule has 0 unspecified atom stereocenters.